The molecule has 2 aromatic carbocycles. The number of hydrogen-bond acceptors (Lipinski definition) is 2. The van der Waals surface area contributed by atoms with Crippen molar-refractivity contribution in [2.24, 2.45) is 0 Å². The molecule has 0 saturated carbocycles. The smallest absolute Gasteiger partial charge is 0.0119 e. The first-order valence-electron chi connectivity index (χ1n) is 5.89. The highest BCUT2D eigenvalue weighted by atomic mass is 32.2. The normalized spacial score (nSPS) is 12.1. The maximum absolute atomic E-state index is 2.18. The lowest BCUT2D eigenvalue weighted by Crippen LogP contribution is -1.77. The Kier molecular flexibility index (Phi) is 4.97. The summed E-state index contributed by atoms with van der Waals surface area (Å²) in [7, 11) is 0. The zero-order valence-electron chi connectivity index (χ0n) is 10.6. The zero-order valence-corrected chi connectivity index (χ0v) is 12.2. The van der Waals surface area contributed by atoms with Crippen molar-refractivity contribution in [1.82, 2.24) is 0 Å². The van der Waals surface area contributed by atoms with Gasteiger partial charge in [-0.05, 0) is 47.9 Å². The quantitative estimate of drug-likeness (QED) is 0.643. The molecule has 2 heteroatoms. The van der Waals surface area contributed by atoms with E-state index >= 15 is 0 Å². The lowest BCUT2D eigenvalue weighted by atomic mass is 10.4. The number of allylic oxidation sites excluding steroid dienone is 2. The van der Waals surface area contributed by atoms with Crippen LogP contribution in [0.4, 0.5) is 0 Å². The molecule has 0 N–H and O–H groups in total. The van der Waals surface area contributed by atoms with Gasteiger partial charge in [-0.1, -0.05) is 59.9 Å². The Morgan fingerprint density at radius 2 is 0.944 bits per heavy atom. The second-order valence-electron chi connectivity index (χ2n) is 3.94. The van der Waals surface area contributed by atoms with E-state index in [2.05, 4.69) is 74.5 Å². The van der Waals surface area contributed by atoms with Crippen LogP contribution in [-0.4, -0.2) is 0 Å². The van der Waals surface area contributed by atoms with Gasteiger partial charge in [0.15, 0.2) is 0 Å². The predicted octanol–water partition coefficient (Wildman–Crippen LogP) is 5.82. The summed E-state index contributed by atoms with van der Waals surface area (Å²) in [5, 5.41) is 0. The monoisotopic (exact) mass is 272 g/mol. The fourth-order valence-electron chi connectivity index (χ4n) is 1.47. The summed E-state index contributed by atoms with van der Waals surface area (Å²) in [4.78, 5) is 5.30. The molecule has 0 heterocycles. The van der Waals surface area contributed by atoms with Gasteiger partial charge in [-0.2, -0.15) is 0 Å². The van der Waals surface area contributed by atoms with Crippen molar-refractivity contribution in [2.75, 3.05) is 0 Å². The first-order valence-corrected chi connectivity index (χ1v) is 7.52. The molecule has 0 aliphatic carbocycles. The molecule has 0 aliphatic rings. The van der Waals surface area contributed by atoms with E-state index < -0.39 is 0 Å². The lowest BCUT2D eigenvalue weighted by Gasteiger charge is -2.07. The SMILES string of the molecule is CC(Sc1ccccc1)=C(C)Sc1ccccc1. The molecule has 0 atom stereocenters. The van der Waals surface area contributed by atoms with Crippen LogP contribution in [0.25, 0.3) is 0 Å². The summed E-state index contributed by atoms with van der Waals surface area (Å²) in [5.41, 5.74) is 0. The molecule has 0 bridgehead atoms. The minimum atomic E-state index is 1.29. The molecule has 0 aromatic heterocycles. The topological polar surface area (TPSA) is 0 Å². The molecule has 0 unspecified atom stereocenters. The molecule has 0 fully saturated rings. The fourth-order valence-corrected chi connectivity index (χ4v) is 3.31. The maximum Gasteiger partial charge on any atom is 0.0119 e. The third-order valence-corrected chi connectivity index (χ3v) is 4.89. The Labute approximate surface area is 118 Å². The molecule has 92 valence electrons. The highest BCUT2D eigenvalue weighted by Gasteiger charge is 2.02. The van der Waals surface area contributed by atoms with Gasteiger partial charge in [0.05, 0.1) is 0 Å². The summed E-state index contributed by atoms with van der Waals surface area (Å²) in [6.07, 6.45) is 0. The number of hydrogen-bond donors (Lipinski definition) is 0. The van der Waals surface area contributed by atoms with Crippen molar-refractivity contribution in [2.45, 2.75) is 23.6 Å². The fraction of sp³-hybridized carbons (Fsp3) is 0.125. The van der Waals surface area contributed by atoms with Crippen molar-refractivity contribution in [3.05, 3.63) is 70.5 Å². The standard InChI is InChI=1S/C16H16S2/c1-13(17-15-9-5-3-6-10-15)14(2)18-16-11-7-4-8-12-16/h3-12H,1-2H3. The molecule has 2 rings (SSSR count). The van der Waals surface area contributed by atoms with Crippen LogP contribution in [0.3, 0.4) is 0 Å². The van der Waals surface area contributed by atoms with E-state index in [1.54, 1.807) is 0 Å². The van der Waals surface area contributed by atoms with Crippen LogP contribution in [0.5, 0.6) is 0 Å². The minimum absolute atomic E-state index is 1.29. The third kappa shape index (κ3) is 3.97. The number of rotatable bonds is 4. The van der Waals surface area contributed by atoms with Gasteiger partial charge in [0.2, 0.25) is 0 Å². The van der Waals surface area contributed by atoms with Crippen LogP contribution in [0.2, 0.25) is 0 Å². The Morgan fingerprint density at radius 3 is 1.28 bits per heavy atom. The van der Waals surface area contributed by atoms with E-state index in [1.165, 1.54) is 19.6 Å². The van der Waals surface area contributed by atoms with Gasteiger partial charge in [0.1, 0.15) is 0 Å². The van der Waals surface area contributed by atoms with Gasteiger partial charge in [-0.25, -0.2) is 0 Å². The van der Waals surface area contributed by atoms with Crippen molar-refractivity contribution < 1.29 is 0 Å². The Morgan fingerprint density at radius 1 is 0.611 bits per heavy atom. The summed E-state index contributed by atoms with van der Waals surface area (Å²) in [6, 6.07) is 21.0. The van der Waals surface area contributed by atoms with E-state index in [9.17, 15) is 0 Å². The van der Waals surface area contributed by atoms with E-state index in [4.69, 9.17) is 0 Å². The van der Waals surface area contributed by atoms with E-state index in [-0.39, 0.29) is 0 Å². The predicted molar refractivity (Wildman–Crippen MR) is 83.0 cm³/mol. The minimum Gasteiger partial charge on any atom is -0.0940 e. The molecule has 0 aliphatic heterocycles. The van der Waals surface area contributed by atoms with Crippen LogP contribution in [0.1, 0.15) is 13.8 Å². The van der Waals surface area contributed by atoms with Crippen LogP contribution in [0.15, 0.2) is 80.3 Å². The summed E-state index contributed by atoms with van der Waals surface area (Å²) >= 11 is 3.66. The Hall–Kier alpha value is -1.12. The van der Waals surface area contributed by atoms with E-state index in [0.717, 1.165) is 0 Å². The van der Waals surface area contributed by atoms with Crippen molar-refractivity contribution in [1.29, 1.82) is 0 Å². The van der Waals surface area contributed by atoms with Crippen LogP contribution in [-0.2, 0) is 0 Å². The molecule has 0 nitrogen and oxygen atoms in total. The Balaban J connectivity index is 2.06. The summed E-state index contributed by atoms with van der Waals surface area (Å²) in [6.45, 7) is 4.37. The van der Waals surface area contributed by atoms with Crippen molar-refractivity contribution in [3.63, 3.8) is 0 Å². The van der Waals surface area contributed by atoms with Gasteiger partial charge in [0.25, 0.3) is 0 Å². The zero-order chi connectivity index (χ0) is 12.8. The first-order chi connectivity index (χ1) is 8.75. The van der Waals surface area contributed by atoms with Crippen molar-refractivity contribution >= 4 is 23.5 Å². The van der Waals surface area contributed by atoms with Gasteiger partial charge in [0, 0.05) is 9.79 Å². The number of thioether (sulfide) groups is 2. The van der Waals surface area contributed by atoms with E-state index in [1.807, 2.05) is 23.5 Å². The molecule has 0 radical (unpaired) electrons. The second kappa shape index (κ2) is 6.72. The van der Waals surface area contributed by atoms with Crippen LogP contribution < -0.4 is 0 Å². The second-order valence-corrected chi connectivity index (χ2v) is 6.52. The largest absolute Gasteiger partial charge is 0.0940 e. The Bertz CT molecular complexity index is 466. The van der Waals surface area contributed by atoms with E-state index in [0.29, 0.717) is 0 Å². The molecule has 18 heavy (non-hydrogen) atoms. The molecule has 0 spiro atoms. The highest BCUT2D eigenvalue weighted by molar-refractivity contribution is 8.06. The van der Waals surface area contributed by atoms with Crippen LogP contribution in [0, 0.1) is 0 Å². The average Bonchev–Trinajstić information content (AvgIpc) is 2.41. The maximum atomic E-state index is 2.18. The highest BCUT2D eigenvalue weighted by Crippen LogP contribution is 2.35. The lowest BCUT2D eigenvalue weighted by molar-refractivity contribution is 1.44. The van der Waals surface area contributed by atoms with Crippen molar-refractivity contribution in [3.8, 4) is 0 Å². The summed E-state index contributed by atoms with van der Waals surface area (Å²) in [5.74, 6) is 0. The summed E-state index contributed by atoms with van der Waals surface area (Å²) < 4.78 is 0. The first kappa shape index (κ1) is 13.3. The number of benzene rings is 2. The third-order valence-electron chi connectivity index (χ3n) is 2.52. The van der Waals surface area contributed by atoms with Gasteiger partial charge >= 0.3 is 0 Å². The average molecular weight is 272 g/mol. The van der Waals surface area contributed by atoms with Gasteiger partial charge in [-0.15, -0.1) is 0 Å². The molecule has 0 saturated heterocycles. The molecule has 2 aromatic rings. The van der Waals surface area contributed by atoms with Gasteiger partial charge < -0.3 is 0 Å². The molecular weight excluding hydrogens is 256 g/mol. The molecular formula is C16H16S2. The van der Waals surface area contributed by atoms with Gasteiger partial charge in [-0.3, -0.25) is 0 Å². The molecule has 0 amide bonds. The van der Waals surface area contributed by atoms with Crippen LogP contribution >= 0.6 is 23.5 Å².